The minimum Gasteiger partial charge on any atom is -0.492 e. The number of aromatic nitrogens is 1. The summed E-state index contributed by atoms with van der Waals surface area (Å²) in [6.45, 7) is 0.406. The molecule has 1 aliphatic heterocycles. The summed E-state index contributed by atoms with van der Waals surface area (Å²) in [5.74, 6) is 0.311. The average Bonchev–Trinajstić information content (AvgIpc) is 2.85. The van der Waals surface area contributed by atoms with E-state index in [-0.39, 0.29) is 24.3 Å². The average molecular weight is 361 g/mol. The zero-order valence-corrected chi connectivity index (χ0v) is 14.1. The summed E-state index contributed by atoms with van der Waals surface area (Å²) in [4.78, 5) is 30.0. The number of carbonyl (C=O) groups excluding carboxylic acids is 2. The number of imide groups is 1. The normalized spacial score (nSPS) is 16.0. The molecule has 122 valence electrons. The molecule has 24 heavy (non-hydrogen) atoms. The Bertz CT molecular complexity index is 778. The van der Waals surface area contributed by atoms with Crippen molar-refractivity contribution in [2.24, 2.45) is 0 Å². The quantitative estimate of drug-likeness (QED) is 0.758. The van der Waals surface area contributed by atoms with E-state index in [4.69, 9.17) is 16.3 Å². The highest BCUT2D eigenvalue weighted by Gasteiger charge is 2.34. The number of rotatable bonds is 5. The predicted molar refractivity (Wildman–Crippen MR) is 93.9 cm³/mol. The van der Waals surface area contributed by atoms with Crippen LogP contribution in [-0.2, 0) is 4.79 Å². The van der Waals surface area contributed by atoms with Crippen LogP contribution in [0.25, 0.3) is 6.08 Å². The van der Waals surface area contributed by atoms with E-state index >= 15 is 0 Å². The SMILES string of the molecule is O=C1S/C(=C\c2ccccn2)C(=O)N1CCOc1ccc(Cl)cc1. The fourth-order valence-electron chi connectivity index (χ4n) is 2.07. The molecular formula is C17H13ClN2O3S. The van der Waals surface area contributed by atoms with Crippen LogP contribution in [-0.4, -0.2) is 34.2 Å². The highest BCUT2D eigenvalue weighted by molar-refractivity contribution is 8.18. The van der Waals surface area contributed by atoms with Crippen LogP contribution in [0.2, 0.25) is 5.02 Å². The third-order valence-electron chi connectivity index (χ3n) is 3.24. The van der Waals surface area contributed by atoms with Crippen LogP contribution >= 0.6 is 23.4 Å². The molecule has 0 radical (unpaired) electrons. The lowest BCUT2D eigenvalue weighted by Gasteiger charge is -2.13. The Kier molecular flexibility index (Phi) is 5.17. The number of pyridine rings is 1. The van der Waals surface area contributed by atoms with Gasteiger partial charge in [0.1, 0.15) is 12.4 Å². The van der Waals surface area contributed by atoms with Crippen molar-refractivity contribution in [1.82, 2.24) is 9.88 Å². The van der Waals surface area contributed by atoms with E-state index in [9.17, 15) is 9.59 Å². The molecule has 0 bridgehead atoms. The third-order valence-corrected chi connectivity index (χ3v) is 4.40. The van der Waals surface area contributed by atoms with Gasteiger partial charge in [-0.15, -0.1) is 0 Å². The minimum absolute atomic E-state index is 0.187. The Balaban J connectivity index is 1.60. The van der Waals surface area contributed by atoms with Gasteiger partial charge in [0, 0.05) is 11.2 Å². The fourth-order valence-corrected chi connectivity index (χ4v) is 3.05. The van der Waals surface area contributed by atoms with Crippen molar-refractivity contribution in [2.45, 2.75) is 0 Å². The van der Waals surface area contributed by atoms with Gasteiger partial charge in [0.2, 0.25) is 0 Å². The Morgan fingerprint density at radius 1 is 1.17 bits per heavy atom. The molecule has 2 amide bonds. The minimum atomic E-state index is -0.324. The number of amides is 2. The molecule has 1 saturated heterocycles. The van der Waals surface area contributed by atoms with Gasteiger partial charge in [-0.1, -0.05) is 17.7 Å². The van der Waals surface area contributed by atoms with Gasteiger partial charge in [-0.05, 0) is 54.2 Å². The van der Waals surface area contributed by atoms with Crippen LogP contribution < -0.4 is 4.74 Å². The lowest BCUT2D eigenvalue weighted by Crippen LogP contribution is -2.32. The molecule has 5 nitrogen and oxygen atoms in total. The van der Waals surface area contributed by atoms with E-state index in [0.29, 0.717) is 21.4 Å². The molecular weight excluding hydrogens is 348 g/mol. The van der Waals surface area contributed by atoms with Crippen molar-refractivity contribution in [3.63, 3.8) is 0 Å². The molecule has 3 rings (SSSR count). The van der Waals surface area contributed by atoms with Gasteiger partial charge >= 0.3 is 0 Å². The summed E-state index contributed by atoms with van der Waals surface area (Å²) in [6, 6.07) is 12.3. The molecule has 0 unspecified atom stereocenters. The predicted octanol–water partition coefficient (Wildman–Crippen LogP) is 3.85. The smallest absolute Gasteiger partial charge is 0.293 e. The first-order valence-corrected chi connectivity index (χ1v) is 8.38. The van der Waals surface area contributed by atoms with Crippen LogP contribution in [0.15, 0.2) is 53.6 Å². The summed E-state index contributed by atoms with van der Waals surface area (Å²) in [5.41, 5.74) is 0.639. The maximum absolute atomic E-state index is 12.3. The molecule has 1 aromatic carbocycles. The van der Waals surface area contributed by atoms with Gasteiger partial charge in [-0.25, -0.2) is 0 Å². The Hall–Kier alpha value is -2.31. The summed E-state index contributed by atoms with van der Waals surface area (Å²) >= 11 is 6.71. The first-order valence-electron chi connectivity index (χ1n) is 7.18. The Labute approximate surface area is 148 Å². The van der Waals surface area contributed by atoms with E-state index in [0.717, 1.165) is 11.8 Å². The molecule has 1 aliphatic rings. The summed E-state index contributed by atoms with van der Waals surface area (Å²) in [7, 11) is 0. The second kappa shape index (κ2) is 7.51. The van der Waals surface area contributed by atoms with Gasteiger partial charge in [-0.3, -0.25) is 19.5 Å². The second-order valence-corrected chi connectivity index (χ2v) is 6.32. The Morgan fingerprint density at radius 2 is 1.96 bits per heavy atom. The lowest BCUT2D eigenvalue weighted by atomic mass is 10.3. The lowest BCUT2D eigenvalue weighted by molar-refractivity contribution is -0.123. The standard InChI is InChI=1S/C17H13ClN2O3S/c18-12-4-6-14(7-5-12)23-10-9-20-16(21)15(24-17(20)22)11-13-3-1-2-8-19-13/h1-8,11H,9-10H2/b15-11-. The third kappa shape index (κ3) is 3.96. The monoisotopic (exact) mass is 360 g/mol. The number of nitrogens with zero attached hydrogens (tertiary/aromatic N) is 2. The number of carbonyl (C=O) groups is 2. The van der Waals surface area contributed by atoms with E-state index in [1.807, 2.05) is 6.07 Å². The molecule has 7 heteroatoms. The zero-order chi connectivity index (χ0) is 16.9. The maximum atomic E-state index is 12.3. The summed E-state index contributed by atoms with van der Waals surface area (Å²) in [6.07, 6.45) is 3.25. The molecule has 1 fully saturated rings. The topological polar surface area (TPSA) is 59.5 Å². The highest BCUT2D eigenvalue weighted by Crippen LogP contribution is 2.31. The summed E-state index contributed by atoms with van der Waals surface area (Å²) < 4.78 is 5.53. The molecule has 2 aromatic rings. The second-order valence-electron chi connectivity index (χ2n) is 4.89. The van der Waals surface area contributed by atoms with Gasteiger partial charge in [-0.2, -0.15) is 0 Å². The Morgan fingerprint density at radius 3 is 2.67 bits per heavy atom. The van der Waals surface area contributed by atoms with E-state index in [1.165, 1.54) is 4.90 Å². The number of hydrogen-bond donors (Lipinski definition) is 0. The van der Waals surface area contributed by atoms with E-state index in [2.05, 4.69) is 4.98 Å². The van der Waals surface area contributed by atoms with E-state index < -0.39 is 0 Å². The van der Waals surface area contributed by atoms with Crippen LogP contribution in [0.5, 0.6) is 5.75 Å². The molecule has 0 saturated carbocycles. The van der Waals surface area contributed by atoms with Crippen molar-refractivity contribution in [1.29, 1.82) is 0 Å². The molecule has 0 aliphatic carbocycles. The molecule has 0 spiro atoms. The number of thioether (sulfide) groups is 1. The highest BCUT2D eigenvalue weighted by atomic mass is 35.5. The maximum Gasteiger partial charge on any atom is 0.293 e. The largest absolute Gasteiger partial charge is 0.492 e. The number of hydrogen-bond acceptors (Lipinski definition) is 5. The van der Waals surface area contributed by atoms with E-state index in [1.54, 1.807) is 48.7 Å². The number of benzene rings is 1. The molecule has 1 aromatic heterocycles. The fraction of sp³-hybridized carbons (Fsp3) is 0.118. The number of ether oxygens (including phenoxy) is 1. The van der Waals surface area contributed by atoms with Gasteiger partial charge in [0.25, 0.3) is 11.1 Å². The van der Waals surface area contributed by atoms with Crippen LogP contribution in [0.1, 0.15) is 5.69 Å². The zero-order valence-electron chi connectivity index (χ0n) is 12.5. The van der Waals surface area contributed by atoms with Crippen molar-refractivity contribution in [3.8, 4) is 5.75 Å². The van der Waals surface area contributed by atoms with Crippen LogP contribution in [0, 0.1) is 0 Å². The first-order chi connectivity index (χ1) is 11.6. The van der Waals surface area contributed by atoms with Crippen LogP contribution in [0.3, 0.4) is 0 Å². The number of halogens is 1. The van der Waals surface area contributed by atoms with Crippen molar-refractivity contribution in [2.75, 3.05) is 13.2 Å². The van der Waals surface area contributed by atoms with Gasteiger partial charge in [0.15, 0.2) is 0 Å². The first kappa shape index (κ1) is 16.5. The molecule has 0 atom stereocenters. The van der Waals surface area contributed by atoms with Crippen LogP contribution in [0.4, 0.5) is 4.79 Å². The van der Waals surface area contributed by atoms with Crippen molar-refractivity contribution < 1.29 is 14.3 Å². The molecule has 0 N–H and O–H groups in total. The van der Waals surface area contributed by atoms with Gasteiger partial charge in [0.05, 0.1) is 17.1 Å². The summed E-state index contributed by atoms with van der Waals surface area (Å²) in [5, 5.41) is 0.315. The molecule has 2 heterocycles. The van der Waals surface area contributed by atoms with Gasteiger partial charge < -0.3 is 4.74 Å². The van der Waals surface area contributed by atoms with Crippen molar-refractivity contribution in [3.05, 3.63) is 64.3 Å². The van der Waals surface area contributed by atoms with Crippen molar-refractivity contribution >= 4 is 40.6 Å².